The molecule has 0 aliphatic heterocycles. The minimum absolute atomic E-state index is 0.0258. The van der Waals surface area contributed by atoms with E-state index in [1.165, 1.54) is 0 Å². The van der Waals surface area contributed by atoms with E-state index in [-0.39, 0.29) is 12.6 Å². The first-order chi connectivity index (χ1) is 12.5. The Kier molecular flexibility index (Phi) is 14.9. The zero-order valence-corrected chi connectivity index (χ0v) is 14.4. The first kappa shape index (κ1) is 27.7. The summed E-state index contributed by atoms with van der Waals surface area (Å²) in [6.45, 7) is -0.383. The van der Waals surface area contributed by atoms with Crippen LogP contribution in [0.25, 0.3) is 0 Å². The highest BCUT2D eigenvalue weighted by atomic mass is 16.4. The summed E-state index contributed by atoms with van der Waals surface area (Å²) >= 11 is 0. The molecule has 0 spiro atoms. The maximum atomic E-state index is 10.6. The highest BCUT2D eigenvalue weighted by Crippen LogP contribution is 2.04. The van der Waals surface area contributed by atoms with Gasteiger partial charge in [0.1, 0.15) is 55.1 Å². The Bertz CT molecular complexity index is 436. The van der Waals surface area contributed by atoms with E-state index in [4.69, 9.17) is 35.7 Å². The second-order valence-corrected chi connectivity index (χ2v) is 5.45. The molecule has 13 nitrogen and oxygen atoms in total. The second kappa shape index (κ2) is 14.5. The zero-order valence-electron chi connectivity index (χ0n) is 14.4. The van der Waals surface area contributed by atoms with Gasteiger partial charge in [-0.25, -0.2) is 0 Å². The smallest absolute Gasteiger partial charge is 0.217 e. The third-order valence-corrected chi connectivity index (χ3v) is 3.24. The summed E-state index contributed by atoms with van der Waals surface area (Å²) in [4.78, 5) is 31.0. The van der Waals surface area contributed by atoms with E-state index >= 15 is 0 Å². The molecule has 27 heavy (non-hydrogen) atoms. The van der Waals surface area contributed by atoms with E-state index in [2.05, 4.69) is 5.32 Å². The summed E-state index contributed by atoms with van der Waals surface area (Å²) in [7, 11) is 0. The fourth-order valence-electron chi connectivity index (χ4n) is 1.60. The molecule has 0 aromatic rings. The van der Waals surface area contributed by atoms with Gasteiger partial charge in [-0.1, -0.05) is 0 Å². The van der Waals surface area contributed by atoms with Gasteiger partial charge in [-0.05, 0) is 0 Å². The summed E-state index contributed by atoms with van der Waals surface area (Å²) in [6, 6.07) is -1.32. The van der Waals surface area contributed by atoms with Crippen LogP contribution in [0.3, 0.4) is 0 Å². The van der Waals surface area contributed by atoms with Crippen molar-refractivity contribution in [3.8, 4) is 0 Å². The van der Waals surface area contributed by atoms with Crippen LogP contribution in [0.15, 0.2) is 0 Å². The molecular formula is C14H27NO12. The Morgan fingerprint density at radius 2 is 1.19 bits per heavy atom. The Hall–Kier alpha value is -1.55. The normalized spacial score (nSPS) is 19.8. The average molecular weight is 401 g/mol. The van der Waals surface area contributed by atoms with Crippen LogP contribution < -0.4 is 5.32 Å². The third-order valence-electron chi connectivity index (χ3n) is 3.24. The van der Waals surface area contributed by atoms with Crippen LogP contribution in [0.2, 0.25) is 0 Å². The van der Waals surface area contributed by atoms with E-state index in [1.54, 1.807) is 0 Å². The molecule has 8 atom stereocenters. The van der Waals surface area contributed by atoms with Crippen LogP contribution in [-0.4, -0.2) is 126 Å². The van der Waals surface area contributed by atoms with Crippen molar-refractivity contribution in [1.82, 2.24) is 5.32 Å². The van der Waals surface area contributed by atoms with E-state index in [9.17, 15) is 24.6 Å². The highest BCUT2D eigenvalue weighted by Gasteiger charge is 2.31. The average Bonchev–Trinajstić information content (AvgIpc) is 2.67. The SMILES string of the molecule is CC(=O)N[C@@H](C=O)[C@@H](O)[C@@H](O)[C@H](O)CO.O=C[C@H](O)[C@@H](O)[C@@H](O)[C@H](O)CO. The molecule has 0 heterocycles. The van der Waals surface area contributed by atoms with Gasteiger partial charge in [0.25, 0.3) is 0 Å². The number of rotatable bonds is 11. The monoisotopic (exact) mass is 401 g/mol. The molecule has 1 amide bonds. The maximum absolute atomic E-state index is 10.6. The maximum Gasteiger partial charge on any atom is 0.217 e. The molecule has 0 saturated heterocycles. The molecule has 0 unspecified atom stereocenters. The minimum atomic E-state index is -1.79. The molecule has 0 aromatic heterocycles. The number of aliphatic hydroxyl groups is 9. The number of hydrogen-bond donors (Lipinski definition) is 10. The van der Waals surface area contributed by atoms with Crippen molar-refractivity contribution in [2.75, 3.05) is 13.2 Å². The molecular weight excluding hydrogens is 374 g/mol. The van der Waals surface area contributed by atoms with Gasteiger partial charge in [0.05, 0.1) is 13.2 Å². The first-order valence-electron chi connectivity index (χ1n) is 7.64. The number of aldehydes is 2. The summed E-state index contributed by atoms with van der Waals surface area (Å²) < 4.78 is 0. The Morgan fingerprint density at radius 1 is 0.778 bits per heavy atom. The largest absolute Gasteiger partial charge is 0.394 e. The lowest BCUT2D eigenvalue weighted by Gasteiger charge is -2.25. The van der Waals surface area contributed by atoms with Crippen molar-refractivity contribution in [3.05, 3.63) is 0 Å². The van der Waals surface area contributed by atoms with Gasteiger partial charge >= 0.3 is 0 Å². The number of hydrogen-bond acceptors (Lipinski definition) is 12. The molecule has 13 heteroatoms. The Morgan fingerprint density at radius 3 is 1.48 bits per heavy atom. The number of carbonyl (C=O) groups excluding carboxylic acids is 3. The molecule has 0 aliphatic carbocycles. The fourth-order valence-corrected chi connectivity index (χ4v) is 1.60. The molecule has 0 rings (SSSR count). The fraction of sp³-hybridized carbons (Fsp3) is 0.786. The molecule has 0 fully saturated rings. The number of nitrogens with one attached hydrogen (secondary N) is 1. The van der Waals surface area contributed by atoms with Crippen LogP contribution >= 0.6 is 0 Å². The summed E-state index contributed by atoms with van der Waals surface area (Å²) in [5, 5.41) is 81.7. The third kappa shape index (κ3) is 10.4. The van der Waals surface area contributed by atoms with Crippen LogP contribution in [0.1, 0.15) is 6.92 Å². The van der Waals surface area contributed by atoms with Crippen molar-refractivity contribution in [3.63, 3.8) is 0 Å². The zero-order chi connectivity index (χ0) is 21.7. The second-order valence-electron chi connectivity index (χ2n) is 5.45. The van der Waals surface area contributed by atoms with Crippen molar-refractivity contribution in [2.45, 2.75) is 55.7 Å². The highest BCUT2D eigenvalue weighted by molar-refractivity contribution is 5.77. The molecule has 0 radical (unpaired) electrons. The first-order valence-corrected chi connectivity index (χ1v) is 7.64. The predicted molar refractivity (Wildman–Crippen MR) is 86.0 cm³/mol. The van der Waals surface area contributed by atoms with E-state index in [1.807, 2.05) is 0 Å². The summed E-state index contributed by atoms with van der Waals surface area (Å²) in [5.74, 6) is -0.558. The van der Waals surface area contributed by atoms with Crippen molar-refractivity contribution in [2.24, 2.45) is 0 Å². The van der Waals surface area contributed by atoms with Gasteiger partial charge in [-0.2, -0.15) is 0 Å². The summed E-state index contributed by atoms with van der Waals surface area (Å²) in [6.07, 6.45) is -11.6. The Labute approximate surface area is 154 Å². The van der Waals surface area contributed by atoms with Gasteiger partial charge in [0, 0.05) is 6.92 Å². The predicted octanol–water partition coefficient (Wildman–Crippen LogP) is -6.61. The van der Waals surface area contributed by atoms with Gasteiger partial charge in [-0.15, -0.1) is 0 Å². The van der Waals surface area contributed by atoms with Crippen molar-refractivity contribution >= 4 is 18.5 Å². The lowest BCUT2D eigenvalue weighted by Crippen LogP contribution is -2.53. The quantitative estimate of drug-likeness (QED) is 0.145. The van der Waals surface area contributed by atoms with Crippen LogP contribution in [-0.2, 0) is 14.4 Å². The van der Waals surface area contributed by atoms with Gasteiger partial charge in [0.2, 0.25) is 5.91 Å². The standard InChI is InChI=1S/C8H15NO6.C6H12O6/c1-4(12)9-5(2-10)7(14)8(15)6(13)3-11;7-1-3(9)5(11)6(12)4(10)2-8/h2,5-8,11,13-15H,3H2,1H3,(H,9,12);1,3-6,8-12H,2H2/t5-,6+,7+,8-;3-,4+,5+,6-/m00/s1. The Balaban J connectivity index is 0. The van der Waals surface area contributed by atoms with E-state index < -0.39 is 67.9 Å². The van der Waals surface area contributed by atoms with Crippen LogP contribution in [0.5, 0.6) is 0 Å². The molecule has 0 bridgehead atoms. The lowest BCUT2D eigenvalue weighted by atomic mass is 10.0. The molecule has 0 saturated carbocycles. The van der Waals surface area contributed by atoms with E-state index in [0.717, 1.165) is 6.92 Å². The minimum Gasteiger partial charge on any atom is -0.394 e. The number of carbonyl (C=O) groups is 3. The van der Waals surface area contributed by atoms with Crippen molar-refractivity contribution < 1.29 is 60.3 Å². The van der Waals surface area contributed by atoms with Gasteiger partial charge in [-0.3, -0.25) is 4.79 Å². The number of amides is 1. The molecule has 0 aromatic carbocycles. The molecule has 10 N–H and O–H groups in total. The lowest BCUT2D eigenvalue weighted by molar-refractivity contribution is -0.136. The molecule has 0 aliphatic rings. The van der Waals surface area contributed by atoms with Gasteiger partial charge < -0.3 is 60.9 Å². The van der Waals surface area contributed by atoms with Crippen molar-refractivity contribution in [1.29, 1.82) is 0 Å². The van der Waals surface area contributed by atoms with Gasteiger partial charge in [0.15, 0.2) is 6.29 Å². The topological polar surface area (TPSA) is 245 Å². The molecule has 160 valence electrons. The van der Waals surface area contributed by atoms with E-state index in [0.29, 0.717) is 0 Å². The van der Waals surface area contributed by atoms with Crippen LogP contribution in [0, 0.1) is 0 Å². The number of aliphatic hydroxyl groups excluding tert-OH is 9. The summed E-state index contributed by atoms with van der Waals surface area (Å²) in [5.41, 5.74) is 0. The van der Waals surface area contributed by atoms with Crippen LogP contribution in [0.4, 0.5) is 0 Å².